The zero-order valence-electron chi connectivity index (χ0n) is 23.3. The monoisotopic (exact) mass is 580 g/mol. The average molecular weight is 581 g/mol. The molecular formula is C33H26F2N4O4. The fourth-order valence-electron chi connectivity index (χ4n) is 5.63. The van der Waals surface area contributed by atoms with Crippen LogP contribution in [-0.4, -0.2) is 28.8 Å². The lowest BCUT2D eigenvalue weighted by Crippen LogP contribution is -2.36. The molecule has 43 heavy (non-hydrogen) atoms. The Morgan fingerprint density at radius 2 is 1.79 bits per heavy atom. The van der Waals surface area contributed by atoms with Gasteiger partial charge in [0, 0.05) is 47.7 Å². The molecule has 2 amide bonds. The number of carbonyl (C=O) groups excluding carboxylic acids is 2. The molecule has 216 valence electrons. The molecule has 5 aromatic rings. The number of oxazole rings is 1. The topological polar surface area (TPSA) is 110 Å². The van der Waals surface area contributed by atoms with Crippen molar-refractivity contribution in [3.05, 3.63) is 107 Å². The Hall–Kier alpha value is -5.12. The van der Waals surface area contributed by atoms with E-state index in [1.807, 2.05) is 0 Å². The number of nitrogens with zero attached hydrogens (tertiary/aromatic N) is 2. The van der Waals surface area contributed by atoms with E-state index in [9.17, 15) is 14.0 Å². The Kier molecular flexibility index (Phi) is 6.23. The highest BCUT2D eigenvalue weighted by Gasteiger charge is 2.50. The van der Waals surface area contributed by atoms with Gasteiger partial charge in [-0.2, -0.15) is 0 Å². The van der Waals surface area contributed by atoms with Crippen molar-refractivity contribution in [1.29, 1.82) is 0 Å². The van der Waals surface area contributed by atoms with E-state index in [0.717, 1.165) is 0 Å². The first kappa shape index (κ1) is 26.8. The number of hydrogen-bond acceptors (Lipinski definition) is 6. The summed E-state index contributed by atoms with van der Waals surface area (Å²) in [6, 6.07) is 12.7. The molecule has 8 nitrogen and oxygen atoms in total. The molecule has 2 aliphatic rings. The highest BCUT2D eigenvalue weighted by atomic mass is 19.1. The van der Waals surface area contributed by atoms with Crippen LogP contribution in [0.2, 0.25) is 0 Å². The number of hydrogen-bond donors (Lipinski definition) is 2. The lowest BCUT2D eigenvalue weighted by molar-refractivity contribution is -0.118. The van der Waals surface area contributed by atoms with Crippen LogP contribution in [0.4, 0.5) is 8.78 Å². The molecule has 0 radical (unpaired) electrons. The summed E-state index contributed by atoms with van der Waals surface area (Å²) in [4.78, 5) is 35.1. The van der Waals surface area contributed by atoms with Gasteiger partial charge in [0.05, 0.1) is 11.8 Å². The SMILES string of the molecule is CNC(=O)c1c(-c2ccc(F)cc2)oc2ccc(C3C=C(C(=O)NC4(c5nc6cnccc6o5)CC4)C=C(F)C3C)cc12. The minimum atomic E-state index is -0.755. The Morgan fingerprint density at radius 3 is 2.51 bits per heavy atom. The van der Waals surface area contributed by atoms with E-state index in [2.05, 4.69) is 20.6 Å². The van der Waals surface area contributed by atoms with Gasteiger partial charge in [-0.25, -0.2) is 13.8 Å². The standard InChI is InChI=1S/C33H26F2N4O4/c1-17-22(19-5-8-26-23(13-19)28(31(41)36-2)29(42-26)18-3-6-21(34)7-4-18)14-20(15-24(17)35)30(40)39-33(10-11-33)32-38-25-16-37-12-9-27(25)43-32/h3-9,12-17,22H,10-11H2,1-2H3,(H,36,41)(H,39,40). The second kappa shape index (κ2) is 10.0. The quantitative estimate of drug-likeness (QED) is 0.239. The summed E-state index contributed by atoms with van der Waals surface area (Å²) in [5.74, 6) is -2.00. The number of halogens is 2. The van der Waals surface area contributed by atoms with Crippen molar-refractivity contribution in [3.8, 4) is 11.3 Å². The number of benzene rings is 2. The number of pyridine rings is 1. The molecule has 0 bridgehead atoms. The van der Waals surface area contributed by atoms with Crippen molar-refractivity contribution in [2.24, 2.45) is 5.92 Å². The third kappa shape index (κ3) is 4.59. The van der Waals surface area contributed by atoms with Gasteiger partial charge < -0.3 is 19.5 Å². The predicted octanol–water partition coefficient (Wildman–Crippen LogP) is 6.45. The zero-order chi connectivity index (χ0) is 29.9. The van der Waals surface area contributed by atoms with E-state index in [4.69, 9.17) is 8.83 Å². The van der Waals surface area contributed by atoms with Gasteiger partial charge in [-0.3, -0.25) is 14.6 Å². The molecule has 0 aliphatic heterocycles. The van der Waals surface area contributed by atoms with Crippen LogP contribution in [0.3, 0.4) is 0 Å². The van der Waals surface area contributed by atoms with Gasteiger partial charge in [-0.15, -0.1) is 0 Å². The molecule has 0 saturated heterocycles. The first-order valence-electron chi connectivity index (χ1n) is 13.9. The second-order valence-electron chi connectivity index (χ2n) is 11.0. The number of allylic oxidation sites excluding steroid dienone is 2. The van der Waals surface area contributed by atoms with Crippen LogP contribution in [0.25, 0.3) is 33.4 Å². The van der Waals surface area contributed by atoms with Gasteiger partial charge in [0.2, 0.25) is 5.89 Å². The summed E-state index contributed by atoms with van der Waals surface area (Å²) in [6.07, 6.45) is 7.52. The number of rotatable bonds is 6. The van der Waals surface area contributed by atoms with Gasteiger partial charge in [0.15, 0.2) is 5.58 Å². The fraction of sp³-hybridized carbons (Fsp3) is 0.212. The van der Waals surface area contributed by atoms with Crippen LogP contribution in [0, 0.1) is 11.7 Å². The van der Waals surface area contributed by atoms with Crippen LogP contribution in [-0.2, 0) is 10.3 Å². The Morgan fingerprint density at radius 1 is 1.00 bits per heavy atom. The second-order valence-corrected chi connectivity index (χ2v) is 11.0. The van der Waals surface area contributed by atoms with Gasteiger partial charge in [0.25, 0.3) is 11.8 Å². The summed E-state index contributed by atoms with van der Waals surface area (Å²) in [5.41, 5.74) is 2.60. The van der Waals surface area contributed by atoms with Crippen LogP contribution in [0.5, 0.6) is 0 Å². The zero-order valence-corrected chi connectivity index (χ0v) is 23.3. The molecule has 3 heterocycles. The van der Waals surface area contributed by atoms with Gasteiger partial charge in [-0.05, 0) is 60.9 Å². The van der Waals surface area contributed by atoms with Gasteiger partial charge >= 0.3 is 0 Å². The van der Waals surface area contributed by atoms with Crippen molar-refractivity contribution in [2.45, 2.75) is 31.2 Å². The van der Waals surface area contributed by atoms with Crippen LogP contribution in [0.15, 0.2) is 93.3 Å². The number of aromatic nitrogens is 2. The third-order valence-electron chi connectivity index (χ3n) is 8.25. The van der Waals surface area contributed by atoms with Gasteiger partial charge in [0.1, 0.15) is 34.0 Å². The summed E-state index contributed by atoms with van der Waals surface area (Å²) in [7, 11) is 1.51. The van der Waals surface area contributed by atoms with Crippen molar-refractivity contribution < 1.29 is 27.2 Å². The van der Waals surface area contributed by atoms with Crippen molar-refractivity contribution in [3.63, 3.8) is 0 Å². The summed E-state index contributed by atoms with van der Waals surface area (Å²) >= 11 is 0. The van der Waals surface area contributed by atoms with E-state index < -0.39 is 34.9 Å². The first-order valence-corrected chi connectivity index (χ1v) is 13.9. The molecule has 10 heteroatoms. The fourth-order valence-corrected chi connectivity index (χ4v) is 5.63. The van der Waals surface area contributed by atoms with Gasteiger partial charge in [-0.1, -0.05) is 19.1 Å². The van der Waals surface area contributed by atoms with E-state index >= 15 is 4.39 Å². The number of furan rings is 1. The van der Waals surface area contributed by atoms with E-state index in [1.165, 1.54) is 25.3 Å². The maximum absolute atomic E-state index is 15.4. The van der Waals surface area contributed by atoms with Crippen LogP contribution >= 0.6 is 0 Å². The molecule has 0 spiro atoms. The highest BCUT2D eigenvalue weighted by molar-refractivity contribution is 6.11. The maximum atomic E-state index is 15.4. The average Bonchev–Trinajstić information content (AvgIpc) is 3.49. The minimum Gasteiger partial charge on any atom is -0.455 e. The Balaban J connectivity index is 1.23. The molecule has 2 atom stereocenters. The minimum absolute atomic E-state index is 0.190. The van der Waals surface area contributed by atoms with E-state index in [1.54, 1.807) is 61.8 Å². The summed E-state index contributed by atoms with van der Waals surface area (Å²) < 4.78 is 40.9. The number of amides is 2. The van der Waals surface area contributed by atoms with Crippen molar-refractivity contribution in [2.75, 3.05) is 7.05 Å². The van der Waals surface area contributed by atoms with Crippen LogP contribution in [0.1, 0.15) is 47.5 Å². The van der Waals surface area contributed by atoms with E-state index in [-0.39, 0.29) is 17.0 Å². The maximum Gasteiger partial charge on any atom is 0.255 e. The third-order valence-corrected chi connectivity index (χ3v) is 8.25. The molecule has 2 N–H and O–H groups in total. The molecule has 2 aliphatic carbocycles. The molecule has 1 fully saturated rings. The van der Waals surface area contributed by atoms with E-state index in [0.29, 0.717) is 57.7 Å². The molecule has 1 saturated carbocycles. The molecular weight excluding hydrogens is 554 g/mol. The smallest absolute Gasteiger partial charge is 0.255 e. The Bertz CT molecular complexity index is 1950. The molecule has 7 rings (SSSR count). The lowest BCUT2D eigenvalue weighted by atomic mass is 9.80. The first-order chi connectivity index (χ1) is 20.8. The summed E-state index contributed by atoms with van der Waals surface area (Å²) in [6.45, 7) is 1.75. The normalized spacial score (nSPS) is 19.2. The predicted molar refractivity (Wildman–Crippen MR) is 155 cm³/mol. The van der Waals surface area contributed by atoms with Crippen molar-refractivity contribution >= 4 is 33.9 Å². The van der Waals surface area contributed by atoms with Crippen molar-refractivity contribution in [1.82, 2.24) is 20.6 Å². The Labute approximate surface area is 244 Å². The largest absolute Gasteiger partial charge is 0.455 e. The van der Waals surface area contributed by atoms with Crippen LogP contribution < -0.4 is 10.6 Å². The number of nitrogens with one attached hydrogen (secondary N) is 2. The molecule has 2 unspecified atom stereocenters. The number of carbonyl (C=O) groups is 2. The lowest BCUT2D eigenvalue weighted by Gasteiger charge is -2.26. The highest BCUT2D eigenvalue weighted by Crippen LogP contribution is 2.47. The summed E-state index contributed by atoms with van der Waals surface area (Å²) in [5, 5.41) is 6.19. The number of fused-ring (bicyclic) bond motifs is 2. The molecule has 2 aromatic carbocycles. The molecule has 3 aromatic heterocycles.